The SMILES string of the molecule is CCN1CCN(C(=O)COc2ccc(N(C)S(=O)(=O)c3ccccc3)cc2)CC1. The lowest BCUT2D eigenvalue weighted by Gasteiger charge is -2.33. The van der Waals surface area contributed by atoms with Gasteiger partial charge in [-0.2, -0.15) is 0 Å². The van der Waals surface area contributed by atoms with Crippen molar-refractivity contribution in [1.29, 1.82) is 0 Å². The summed E-state index contributed by atoms with van der Waals surface area (Å²) in [5, 5.41) is 0. The number of sulfonamides is 1. The number of carbonyl (C=O) groups is 1. The number of carbonyl (C=O) groups excluding carboxylic acids is 1. The number of likely N-dealkylation sites (N-methyl/N-ethyl adjacent to an activating group) is 1. The lowest BCUT2D eigenvalue weighted by Crippen LogP contribution is -2.49. The summed E-state index contributed by atoms with van der Waals surface area (Å²) < 4.78 is 32.2. The third kappa shape index (κ3) is 5.07. The van der Waals surface area contributed by atoms with Gasteiger partial charge in [0.15, 0.2) is 6.61 Å². The molecule has 8 heteroatoms. The maximum atomic E-state index is 12.7. The Bertz CT molecular complexity index is 909. The number of benzene rings is 2. The second-order valence-electron chi connectivity index (χ2n) is 6.88. The van der Waals surface area contributed by atoms with Gasteiger partial charge in [-0.1, -0.05) is 25.1 Å². The molecule has 1 heterocycles. The summed E-state index contributed by atoms with van der Waals surface area (Å²) >= 11 is 0. The Hall–Kier alpha value is -2.58. The van der Waals surface area contributed by atoms with Gasteiger partial charge in [-0.05, 0) is 42.9 Å². The van der Waals surface area contributed by atoms with Crippen molar-refractivity contribution in [2.24, 2.45) is 0 Å². The van der Waals surface area contributed by atoms with Crippen LogP contribution in [0, 0.1) is 0 Å². The van der Waals surface area contributed by atoms with Crippen molar-refractivity contribution in [2.45, 2.75) is 11.8 Å². The fourth-order valence-corrected chi connectivity index (χ4v) is 4.41. The van der Waals surface area contributed by atoms with Crippen molar-refractivity contribution in [1.82, 2.24) is 9.80 Å². The van der Waals surface area contributed by atoms with Crippen molar-refractivity contribution in [3.05, 3.63) is 54.6 Å². The summed E-state index contributed by atoms with van der Waals surface area (Å²) in [5.41, 5.74) is 0.517. The van der Waals surface area contributed by atoms with Crippen molar-refractivity contribution in [2.75, 3.05) is 50.7 Å². The van der Waals surface area contributed by atoms with Crippen LogP contribution in [0.25, 0.3) is 0 Å². The molecule has 1 fully saturated rings. The molecule has 7 nitrogen and oxygen atoms in total. The molecule has 0 saturated carbocycles. The smallest absolute Gasteiger partial charge is 0.264 e. The quantitative estimate of drug-likeness (QED) is 0.690. The molecule has 3 rings (SSSR count). The molecule has 2 aromatic carbocycles. The van der Waals surface area contributed by atoms with Gasteiger partial charge >= 0.3 is 0 Å². The zero-order chi connectivity index (χ0) is 20.9. The Morgan fingerprint density at radius 1 is 1.00 bits per heavy atom. The highest BCUT2D eigenvalue weighted by molar-refractivity contribution is 7.92. The van der Waals surface area contributed by atoms with Crippen LogP contribution in [0.3, 0.4) is 0 Å². The third-order valence-electron chi connectivity index (χ3n) is 5.14. The molecule has 1 aliphatic rings. The van der Waals surface area contributed by atoms with E-state index >= 15 is 0 Å². The van der Waals surface area contributed by atoms with Crippen molar-refractivity contribution >= 4 is 21.6 Å². The number of hydrogen-bond donors (Lipinski definition) is 0. The van der Waals surface area contributed by atoms with Gasteiger partial charge in [0.1, 0.15) is 5.75 Å². The average molecular weight is 418 g/mol. The fraction of sp³-hybridized carbons (Fsp3) is 0.381. The van der Waals surface area contributed by atoms with E-state index in [1.807, 2.05) is 4.90 Å². The average Bonchev–Trinajstić information content (AvgIpc) is 2.78. The molecular formula is C21H27N3O4S. The van der Waals surface area contributed by atoms with E-state index in [4.69, 9.17) is 4.74 Å². The first-order valence-corrected chi connectivity index (χ1v) is 11.1. The van der Waals surface area contributed by atoms with Crippen molar-refractivity contribution in [3.8, 4) is 5.75 Å². The molecule has 0 aromatic heterocycles. The summed E-state index contributed by atoms with van der Waals surface area (Å²) in [6.45, 7) is 6.31. The molecule has 1 amide bonds. The van der Waals surface area contributed by atoms with Crippen LogP contribution >= 0.6 is 0 Å². The molecule has 0 aliphatic carbocycles. The first-order valence-electron chi connectivity index (χ1n) is 9.69. The van der Waals surface area contributed by atoms with Gasteiger partial charge in [0.2, 0.25) is 0 Å². The Kier molecular flexibility index (Phi) is 6.76. The van der Waals surface area contributed by atoms with Crippen LogP contribution in [0.1, 0.15) is 6.92 Å². The lowest BCUT2D eigenvalue weighted by molar-refractivity contribution is -0.135. The normalized spacial score (nSPS) is 15.2. The summed E-state index contributed by atoms with van der Waals surface area (Å²) in [5.74, 6) is 0.494. The van der Waals surface area contributed by atoms with Gasteiger partial charge in [-0.25, -0.2) is 8.42 Å². The lowest BCUT2D eigenvalue weighted by atomic mass is 10.3. The molecule has 0 atom stereocenters. The molecular weight excluding hydrogens is 390 g/mol. The van der Waals surface area contributed by atoms with E-state index in [1.165, 1.54) is 11.4 Å². The topological polar surface area (TPSA) is 70.2 Å². The number of piperazine rings is 1. The van der Waals surface area contributed by atoms with Crippen LogP contribution in [-0.2, 0) is 14.8 Å². The van der Waals surface area contributed by atoms with Crippen LogP contribution in [-0.4, -0.2) is 70.5 Å². The van der Waals surface area contributed by atoms with E-state index in [2.05, 4.69) is 11.8 Å². The molecule has 0 N–H and O–H groups in total. The molecule has 0 unspecified atom stereocenters. The van der Waals surface area contributed by atoms with Gasteiger partial charge in [-0.3, -0.25) is 9.10 Å². The predicted molar refractivity (Wildman–Crippen MR) is 113 cm³/mol. The number of anilines is 1. The highest BCUT2D eigenvalue weighted by Crippen LogP contribution is 2.24. The minimum Gasteiger partial charge on any atom is -0.484 e. The highest BCUT2D eigenvalue weighted by Gasteiger charge is 2.22. The first kappa shape index (κ1) is 21.1. The molecule has 29 heavy (non-hydrogen) atoms. The number of amides is 1. The number of hydrogen-bond acceptors (Lipinski definition) is 5. The summed E-state index contributed by atoms with van der Waals surface area (Å²) in [4.78, 5) is 16.7. The maximum Gasteiger partial charge on any atom is 0.264 e. The zero-order valence-electron chi connectivity index (χ0n) is 16.8. The van der Waals surface area contributed by atoms with E-state index in [-0.39, 0.29) is 17.4 Å². The summed E-state index contributed by atoms with van der Waals surface area (Å²) in [6, 6.07) is 15.0. The Morgan fingerprint density at radius 3 is 2.21 bits per heavy atom. The number of nitrogens with zero attached hydrogens (tertiary/aromatic N) is 3. The van der Waals surface area contributed by atoms with Crippen LogP contribution in [0.4, 0.5) is 5.69 Å². The van der Waals surface area contributed by atoms with E-state index in [0.29, 0.717) is 11.4 Å². The third-order valence-corrected chi connectivity index (χ3v) is 6.94. The first-order chi connectivity index (χ1) is 13.9. The minimum atomic E-state index is -3.62. The molecule has 2 aromatic rings. The van der Waals surface area contributed by atoms with E-state index in [0.717, 1.165) is 32.7 Å². The van der Waals surface area contributed by atoms with Crippen LogP contribution in [0.5, 0.6) is 5.75 Å². The summed E-state index contributed by atoms with van der Waals surface area (Å²) in [6.07, 6.45) is 0. The second-order valence-corrected chi connectivity index (χ2v) is 8.85. The van der Waals surface area contributed by atoms with Gasteiger partial charge in [0, 0.05) is 33.2 Å². The Labute approximate surface area is 172 Å². The van der Waals surface area contributed by atoms with Crippen LogP contribution in [0.15, 0.2) is 59.5 Å². The van der Waals surface area contributed by atoms with Gasteiger partial charge in [0.05, 0.1) is 10.6 Å². The van der Waals surface area contributed by atoms with Crippen molar-refractivity contribution < 1.29 is 17.9 Å². The standard InChI is InChI=1S/C21H27N3O4S/c1-3-23-13-15-24(16-14-23)21(25)17-28-19-11-9-18(10-12-19)22(2)29(26,27)20-7-5-4-6-8-20/h4-12H,3,13-17H2,1-2H3. The molecule has 1 aliphatic heterocycles. The Morgan fingerprint density at radius 2 is 1.62 bits per heavy atom. The van der Waals surface area contributed by atoms with Gasteiger partial charge < -0.3 is 14.5 Å². The molecule has 0 spiro atoms. The maximum absolute atomic E-state index is 12.7. The van der Waals surface area contributed by atoms with Gasteiger partial charge in [-0.15, -0.1) is 0 Å². The van der Waals surface area contributed by atoms with Crippen molar-refractivity contribution in [3.63, 3.8) is 0 Å². The van der Waals surface area contributed by atoms with Crippen LogP contribution < -0.4 is 9.04 Å². The Balaban J connectivity index is 1.57. The largest absolute Gasteiger partial charge is 0.484 e. The van der Waals surface area contributed by atoms with Crippen LogP contribution in [0.2, 0.25) is 0 Å². The molecule has 1 saturated heterocycles. The number of ether oxygens (including phenoxy) is 1. The minimum absolute atomic E-state index is 0.0242. The fourth-order valence-electron chi connectivity index (χ4n) is 3.19. The number of rotatable bonds is 7. The summed E-state index contributed by atoms with van der Waals surface area (Å²) in [7, 11) is -2.11. The monoisotopic (exact) mass is 417 g/mol. The molecule has 0 bridgehead atoms. The zero-order valence-corrected chi connectivity index (χ0v) is 17.6. The highest BCUT2D eigenvalue weighted by atomic mass is 32.2. The molecule has 156 valence electrons. The predicted octanol–water partition coefficient (Wildman–Crippen LogP) is 2.05. The van der Waals surface area contributed by atoms with Gasteiger partial charge in [0.25, 0.3) is 15.9 Å². The van der Waals surface area contributed by atoms with E-state index in [1.54, 1.807) is 54.6 Å². The second kappa shape index (κ2) is 9.28. The van der Waals surface area contributed by atoms with E-state index in [9.17, 15) is 13.2 Å². The van der Waals surface area contributed by atoms with E-state index < -0.39 is 10.0 Å². The molecule has 0 radical (unpaired) electrons.